The smallest absolute Gasteiger partial charge is 0.0578 e. The third-order valence-electron chi connectivity index (χ3n) is 12.0. The van der Waals surface area contributed by atoms with Crippen molar-refractivity contribution in [1.29, 1.82) is 0 Å². The van der Waals surface area contributed by atoms with Gasteiger partial charge in [0.25, 0.3) is 0 Å². The van der Waals surface area contributed by atoms with Gasteiger partial charge < -0.3 is 16.2 Å². The van der Waals surface area contributed by atoms with Crippen LogP contribution in [0.1, 0.15) is 118 Å². The van der Waals surface area contributed by atoms with Gasteiger partial charge in [-0.25, -0.2) is 0 Å². The molecule has 0 aliphatic heterocycles. The van der Waals surface area contributed by atoms with Crippen LogP contribution >= 0.6 is 0 Å². The molecule has 0 radical (unpaired) electrons. The van der Waals surface area contributed by atoms with Crippen LogP contribution in [-0.2, 0) is 4.74 Å². The Labute approximate surface area is 211 Å². The predicted octanol–water partition coefficient (Wildman–Crippen LogP) is 7.17. The first-order chi connectivity index (χ1) is 16.2. The summed E-state index contributed by atoms with van der Waals surface area (Å²) < 4.78 is 6.32. The van der Waals surface area contributed by atoms with E-state index in [1.165, 1.54) is 77.0 Å². The van der Waals surface area contributed by atoms with Gasteiger partial charge in [0.1, 0.15) is 0 Å². The van der Waals surface area contributed by atoms with Crippen LogP contribution in [0, 0.1) is 52.3 Å². The largest absolute Gasteiger partial charge is 0.378 e. The molecule has 4 N–H and O–H groups in total. The van der Waals surface area contributed by atoms with Gasteiger partial charge in [-0.1, -0.05) is 53.9 Å². The van der Waals surface area contributed by atoms with Crippen LogP contribution in [0.5, 0.6) is 0 Å². The summed E-state index contributed by atoms with van der Waals surface area (Å²) in [6.07, 6.45) is 18.5. The molecule has 3 heteroatoms. The fraction of sp³-hybridized carbons (Fsp3) is 1.00. The molecule has 4 aliphatic carbocycles. The molecule has 4 fully saturated rings. The van der Waals surface area contributed by atoms with E-state index in [1.54, 1.807) is 0 Å². The van der Waals surface area contributed by atoms with Crippen LogP contribution in [0.3, 0.4) is 0 Å². The third kappa shape index (κ3) is 5.28. The minimum absolute atomic E-state index is 0.0917. The molecular weight excluding hydrogens is 416 g/mol. The zero-order valence-corrected chi connectivity index (χ0v) is 23.4. The van der Waals surface area contributed by atoms with Gasteiger partial charge in [0.05, 0.1) is 6.10 Å². The van der Waals surface area contributed by atoms with E-state index in [9.17, 15) is 0 Å². The lowest BCUT2D eigenvalue weighted by Gasteiger charge is -2.61. The van der Waals surface area contributed by atoms with Crippen molar-refractivity contribution in [3.05, 3.63) is 0 Å². The highest BCUT2D eigenvalue weighted by atomic mass is 16.5. The molecule has 3 nitrogen and oxygen atoms in total. The summed E-state index contributed by atoms with van der Waals surface area (Å²) in [5.41, 5.74) is 12.9. The molecule has 0 aromatic rings. The second kappa shape index (κ2) is 11.1. The summed E-state index contributed by atoms with van der Waals surface area (Å²) in [7, 11) is 0. The number of hydrogen-bond acceptors (Lipinski definition) is 3. The van der Waals surface area contributed by atoms with Crippen LogP contribution < -0.4 is 11.5 Å². The van der Waals surface area contributed by atoms with Crippen LogP contribution in [0.15, 0.2) is 0 Å². The van der Waals surface area contributed by atoms with E-state index in [0.717, 1.165) is 54.5 Å². The maximum absolute atomic E-state index is 6.32. The number of hydrogen-bond donors (Lipinski definition) is 2. The zero-order valence-electron chi connectivity index (χ0n) is 23.4. The maximum atomic E-state index is 6.32. The quantitative estimate of drug-likeness (QED) is 0.353. The first-order valence-electron chi connectivity index (χ1n) is 15.3. The minimum atomic E-state index is 0.0917. The second-order valence-electron chi connectivity index (χ2n) is 14.2. The molecule has 0 bridgehead atoms. The molecule has 0 aromatic heterocycles. The van der Waals surface area contributed by atoms with Gasteiger partial charge in [0.15, 0.2) is 0 Å². The van der Waals surface area contributed by atoms with Crippen LogP contribution in [-0.4, -0.2) is 25.3 Å². The first kappa shape index (κ1) is 26.9. The van der Waals surface area contributed by atoms with Gasteiger partial charge in [-0.3, -0.25) is 0 Å². The van der Waals surface area contributed by atoms with Crippen molar-refractivity contribution < 1.29 is 4.74 Å². The monoisotopic (exact) mass is 474 g/mol. The minimum Gasteiger partial charge on any atom is -0.378 e. The average molecular weight is 475 g/mol. The van der Waals surface area contributed by atoms with Crippen molar-refractivity contribution in [3.63, 3.8) is 0 Å². The summed E-state index contributed by atoms with van der Waals surface area (Å²) >= 11 is 0. The van der Waals surface area contributed by atoms with Crippen molar-refractivity contribution in [1.82, 2.24) is 0 Å². The van der Waals surface area contributed by atoms with Gasteiger partial charge in [0.2, 0.25) is 0 Å². The summed E-state index contributed by atoms with van der Waals surface area (Å²) in [4.78, 5) is 0. The third-order valence-corrected chi connectivity index (χ3v) is 12.0. The highest BCUT2D eigenvalue weighted by Gasteiger charge is 2.60. The Kier molecular flexibility index (Phi) is 8.79. The van der Waals surface area contributed by atoms with Crippen LogP contribution in [0.2, 0.25) is 0 Å². The summed E-state index contributed by atoms with van der Waals surface area (Å²) in [6, 6.07) is 0.0917. The van der Waals surface area contributed by atoms with Gasteiger partial charge >= 0.3 is 0 Å². The molecule has 0 heterocycles. The Balaban J connectivity index is 1.36. The van der Waals surface area contributed by atoms with Crippen molar-refractivity contribution in [2.45, 2.75) is 130 Å². The molecule has 4 rings (SSSR count). The van der Waals surface area contributed by atoms with Gasteiger partial charge in [0, 0.05) is 19.2 Å². The van der Waals surface area contributed by atoms with Gasteiger partial charge in [-0.2, -0.15) is 0 Å². The highest BCUT2D eigenvalue weighted by molar-refractivity contribution is 5.09. The summed E-state index contributed by atoms with van der Waals surface area (Å²) in [5, 5.41) is 0. The normalized spacial score (nSPS) is 43.8. The lowest BCUT2D eigenvalue weighted by atomic mass is 9.44. The Morgan fingerprint density at radius 1 is 0.853 bits per heavy atom. The molecule has 34 heavy (non-hydrogen) atoms. The first-order valence-corrected chi connectivity index (χ1v) is 15.3. The van der Waals surface area contributed by atoms with E-state index >= 15 is 0 Å². The van der Waals surface area contributed by atoms with Crippen molar-refractivity contribution in [3.8, 4) is 0 Å². The lowest BCUT2D eigenvalue weighted by molar-refractivity contribution is -0.137. The van der Waals surface area contributed by atoms with E-state index in [1.807, 2.05) is 0 Å². The van der Waals surface area contributed by atoms with Gasteiger partial charge in [-0.15, -0.1) is 0 Å². The number of nitrogens with two attached hydrogens (primary N) is 2. The molecular formula is C31H58N2O. The Morgan fingerprint density at radius 2 is 1.59 bits per heavy atom. The number of rotatable bonds is 10. The van der Waals surface area contributed by atoms with Crippen LogP contribution in [0.25, 0.3) is 0 Å². The van der Waals surface area contributed by atoms with Crippen molar-refractivity contribution >= 4 is 0 Å². The number of ether oxygens (including phenoxy) is 1. The Morgan fingerprint density at radius 3 is 2.32 bits per heavy atom. The maximum Gasteiger partial charge on any atom is 0.0578 e. The number of fused-ring (bicyclic) bond motifs is 5. The Bertz CT molecular complexity index is 651. The SMILES string of the molecule is CC(C)CCC[C@@H](C)[C@H]1CC[C@H]2[C@@H]3CC[C@H]4C[C@@H](OCCC(N)CN)CC[C@]4(C)[C@H]3CC[C@]12C. The standard InChI is InChI=1S/C31H58N2O/c1-21(2)7-6-8-22(3)27-11-12-28-26-10-9-23-19-25(34-18-15-24(33)20-32)13-16-30(23,4)29(26)14-17-31(27,28)5/h21-29H,6-20,32-33H2,1-5H3/t22-,23+,24?,25+,26+,27-,28+,29+,30+,31-/m1/s1. The lowest BCUT2D eigenvalue weighted by Crippen LogP contribution is -2.54. The van der Waals surface area contributed by atoms with E-state index < -0.39 is 0 Å². The molecule has 0 spiro atoms. The average Bonchev–Trinajstić information content (AvgIpc) is 3.16. The zero-order chi connectivity index (χ0) is 24.5. The molecule has 4 saturated carbocycles. The molecule has 4 aliphatic rings. The molecule has 0 aromatic carbocycles. The topological polar surface area (TPSA) is 61.3 Å². The molecule has 0 saturated heterocycles. The van der Waals surface area contributed by atoms with Crippen molar-refractivity contribution in [2.75, 3.05) is 13.2 Å². The van der Waals surface area contributed by atoms with E-state index in [4.69, 9.17) is 16.2 Å². The molecule has 1 unspecified atom stereocenters. The van der Waals surface area contributed by atoms with E-state index in [-0.39, 0.29) is 6.04 Å². The molecule has 10 atom stereocenters. The summed E-state index contributed by atoms with van der Waals surface area (Å²) in [5.74, 6) is 6.56. The summed E-state index contributed by atoms with van der Waals surface area (Å²) in [6.45, 7) is 14.1. The van der Waals surface area contributed by atoms with Gasteiger partial charge in [-0.05, 0) is 116 Å². The van der Waals surface area contributed by atoms with Crippen molar-refractivity contribution in [2.24, 2.45) is 63.7 Å². The van der Waals surface area contributed by atoms with E-state index in [2.05, 4.69) is 34.6 Å². The highest BCUT2D eigenvalue weighted by Crippen LogP contribution is 2.68. The fourth-order valence-electron chi connectivity index (χ4n) is 9.90. The van der Waals surface area contributed by atoms with E-state index in [0.29, 0.717) is 23.5 Å². The fourth-order valence-corrected chi connectivity index (χ4v) is 9.90. The predicted molar refractivity (Wildman–Crippen MR) is 144 cm³/mol. The molecule has 0 amide bonds. The Hall–Kier alpha value is -0.120. The second-order valence-corrected chi connectivity index (χ2v) is 14.2. The van der Waals surface area contributed by atoms with Crippen LogP contribution in [0.4, 0.5) is 0 Å². The molecule has 198 valence electrons.